The summed E-state index contributed by atoms with van der Waals surface area (Å²) >= 11 is 0. The highest BCUT2D eigenvalue weighted by atomic mass is 15.2. The van der Waals surface area contributed by atoms with Gasteiger partial charge in [0.05, 0.1) is 5.69 Å². The van der Waals surface area contributed by atoms with Crippen LogP contribution in [0.3, 0.4) is 0 Å². The van der Waals surface area contributed by atoms with Gasteiger partial charge in [-0.3, -0.25) is 4.68 Å². The molecule has 1 aromatic heterocycles. The van der Waals surface area contributed by atoms with E-state index >= 15 is 0 Å². The highest BCUT2D eigenvalue weighted by Crippen LogP contribution is 2.26. The number of rotatable bonds is 6. The SMILES string of the molecule is CCCC1CCCC(NCCc2ccn(C)n2)CC1. The molecule has 2 rings (SSSR count). The van der Waals surface area contributed by atoms with Crippen molar-refractivity contribution in [2.24, 2.45) is 13.0 Å². The van der Waals surface area contributed by atoms with Crippen molar-refractivity contribution in [3.8, 4) is 0 Å². The predicted molar refractivity (Wildman–Crippen MR) is 80.2 cm³/mol. The summed E-state index contributed by atoms with van der Waals surface area (Å²) in [7, 11) is 1.98. The lowest BCUT2D eigenvalue weighted by Crippen LogP contribution is -2.30. The van der Waals surface area contributed by atoms with E-state index in [4.69, 9.17) is 0 Å². The van der Waals surface area contributed by atoms with Crippen molar-refractivity contribution in [1.29, 1.82) is 0 Å². The molecule has 3 heteroatoms. The zero-order chi connectivity index (χ0) is 13.5. The molecule has 0 spiro atoms. The molecule has 3 nitrogen and oxygen atoms in total. The minimum atomic E-state index is 0.741. The Hall–Kier alpha value is -0.830. The molecule has 0 bridgehead atoms. The first-order valence-electron chi connectivity index (χ1n) is 8.00. The van der Waals surface area contributed by atoms with Crippen molar-refractivity contribution >= 4 is 0 Å². The minimum absolute atomic E-state index is 0.741. The number of aryl methyl sites for hydroxylation is 1. The molecule has 0 amide bonds. The maximum absolute atomic E-state index is 4.42. The molecule has 1 aliphatic carbocycles. The monoisotopic (exact) mass is 263 g/mol. The second-order valence-corrected chi connectivity index (χ2v) is 6.04. The molecular weight excluding hydrogens is 234 g/mol. The Morgan fingerprint density at radius 3 is 2.95 bits per heavy atom. The van der Waals surface area contributed by atoms with E-state index in [1.54, 1.807) is 0 Å². The van der Waals surface area contributed by atoms with Gasteiger partial charge in [0, 0.05) is 32.3 Å². The van der Waals surface area contributed by atoms with Gasteiger partial charge in [-0.15, -0.1) is 0 Å². The Labute approximate surface area is 117 Å². The fourth-order valence-electron chi connectivity index (χ4n) is 3.28. The van der Waals surface area contributed by atoms with Gasteiger partial charge in [0.25, 0.3) is 0 Å². The van der Waals surface area contributed by atoms with Crippen LogP contribution >= 0.6 is 0 Å². The summed E-state index contributed by atoms with van der Waals surface area (Å²) in [4.78, 5) is 0. The van der Waals surface area contributed by atoms with Crippen molar-refractivity contribution in [2.75, 3.05) is 6.54 Å². The topological polar surface area (TPSA) is 29.9 Å². The zero-order valence-corrected chi connectivity index (χ0v) is 12.6. The number of hydrogen-bond acceptors (Lipinski definition) is 2. The highest BCUT2D eigenvalue weighted by molar-refractivity contribution is 4.99. The Kier molecular flexibility index (Phi) is 5.90. The average Bonchev–Trinajstić information content (AvgIpc) is 2.67. The van der Waals surface area contributed by atoms with Crippen LogP contribution in [0.1, 0.15) is 57.6 Å². The molecule has 1 saturated carbocycles. The van der Waals surface area contributed by atoms with Crippen LogP contribution in [0.25, 0.3) is 0 Å². The van der Waals surface area contributed by atoms with Crippen LogP contribution in [-0.2, 0) is 13.5 Å². The van der Waals surface area contributed by atoms with E-state index < -0.39 is 0 Å². The summed E-state index contributed by atoms with van der Waals surface area (Å²) in [5.74, 6) is 0.993. The molecular formula is C16H29N3. The van der Waals surface area contributed by atoms with Crippen LogP contribution in [-0.4, -0.2) is 22.4 Å². The summed E-state index contributed by atoms with van der Waals surface area (Å²) in [5.41, 5.74) is 1.20. The molecule has 1 fully saturated rings. The predicted octanol–water partition coefficient (Wildman–Crippen LogP) is 3.30. The second-order valence-electron chi connectivity index (χ2n) is 6.04. The molecule has 1 heterocycles. The smallest absolute Gasteiger partial charge is 0.0637 e. The van der Waals surface area contributed by atoms with Gasteiger partial charge >= 0.3 is 0 Å². The lowest BCUT2D eigenvalue weighted by molar-refractivity contribution is 0.410. The van der Waals surface area contributed by atoms with Crippen molar-refractivity contribution in [3.05, 3.63) is 18.0 Å². The van der Waals surface area contributed by atoms with Crippen LogP contribution < -0.4 is 5.32 Å². The molecule has 1 aromatic rings. The van der Waals surface area contributed by atoms with E-state index in [1.807, 2.05) is 17.9 Å². The Bertz CT molecular complexity index is 359. The van der Waals surface area contributed by atoms with Crippen LogP contribution in [0.15, 0.2) is 12.3 Å². The van der Waals surface area contributed by atoms with E-state index in [-0.39, 0.29) is 0 Å². The molecule has 1 aliphatic rings. The van der Waals surface area contributed by atoms with Crippen LogP contribution in [0.5, 0.6) is 0 Å². The summed E-state index contributed by atoms with van der Waals surface area (Å²) < 4.78 is 1.89. The Morgan fingerprint density at radius 2 is 2.21 bits per heavy atom. The molecule has 0 aliphatic heterocycles. The maximum Gasteiger partial charge on any atom is 0.0637 e. The van der Waals surface area contributed by atoms with Crippen molar-refractivity contribution in [1.82, 2.24) is 15.1 Å². The van der Waals surface area contributed by atoms with Gasteiger partial charge in [-0.1, -0.05) is 32.6 Å². The van der Waals surface area contributed by atoms with Crippen molar-refractivity contribution in [3.63, 3.8) is 0 Å². The first kappa shape index (κ1) is 14.6. The Balaban J connectivity index is 1.65. The van der Waals surface area contributed by atoms with Crippen molar-refractivity contribution < 1.29 is 0 Å². The molecule has 0 radical (unpaired) electrons. The quantitative estimate of drug-likeness (QED) is 0.798. The van der Waals surface area contributed by atoms with Gasteiger partial charge < -0.3 is 5.32 Å². The van der Waals surface area contributed by atoms with E-state index in [1.165, 1.54) is 50.6 Å². The molecule has 1 N–H and O–H groups in total. The van der Waals surface area contributed by atoms with E-state index in [0.717, 1.165) is 24.9 Å². The van der Waals surface area contributed by atoms with E-state index in [2.05, 4.69) is 23.4 Å². The first-order chi connectivity index (χ1) is 9.28. The van der Waals surface area contributed by atoms with Gasteiger partial charge in [0.2, 0.25) is 0 Å². The minimum Gasteiger partial charge on any atom is -0.314 e. The van der Waals surface area contributed by atoms with Gasteiger partial charge in [-0.25, -0.2) is 0 Å². The number of aromatic nitrogens is 2. The van der Waals surface area contributed by atoms with Crippen LogP contribution in [0, 0.1) is 5.92 Å². The molecule has 2 unspecified atom stereocenters. The largest absolute Gasteiger partial charge is 0.314 e. The third-order valence-electron chi connectivity index (χ3n) is 4.37. The average molecular weight is 263 g/mol. The molecule has 2 atom stereocenters. The summed E-state index contributed by atoms with van der Waals surface area (Å²) in [5, 5.41) is 8.16. The van der Waals surface area contributed by atoms with Gasteiger partial charge in [-0.2, -0.15) is 5.10 Å². The summed E-state index contributed by atoms with van der Waals surface area (Å²) in [6.07, 6.45) is 12.9. The van der Waals surface area contributed by atoms with Crippen LogP contribution in [0.4, 0.5) is 0 Å². The highest BCUT2D eigenvalue weighted by Gasteiger charge is 2.17. The van der Waals surface area contributed by atoms with Crippen LogP contribution in [0.2, 0.25) is 0 Å². The molecule has 0 aromatic carbocycles. The number of hydrogen-bond donors (Lipinski definition) is 1. The normalized spacial score (nSPS) is 24.3. The van der Waals surface area contributed by atoms with Crippen molar-refractivity contribution in [2.45, 2.75) is 64.3 Å². The van der Waals surface area contributed by atoms with Gasteiger partial charge in [0.15, 0.2) is 0 Å². The standard InChI is InChI=1S/C16H29N3/c1-3-5-14-6-4-7-15(9-8-14)17-12-10-16-11-13-19(2)18-16/h11,13-15,17H,3-10,12H2,1-2H3. The van der Waals surface area contributed by atoms with Gasteiger partial charge in [-0.05, 0) is 31.2 Å². The maximum atomic E-state index is 4.42. The summed E-state index contributed by atoms with van der Waals surface area (Å²) in [6, 6.07) is 2.86. The van der Waals surface area contributed by atoms with E-state index in [9.17, 15) is 0 Å². The zero-order valence-electron chi connectivity index (χ0n) is 12.6. The van der Waals surface area contributed by atoms with E-state index in [0.29, 0.717) is 0 Å². The lowest BCUT2D eigenvalue weighted by atomic mass is 9.95. The number of nitrogens with one attached hydrogen (secondary N) is 1. The third kappa shape index (κ3) is 4.98. The lowest BCUT2D eigenvalue weighted by Gasteiger charge is -2.16. The third-order valence-corrected chi connectivity index (χ3v) is 4.37. The second kappa shape index (κ2) is 7.68. The van der Waals surface area contributed by atoms with Gasteiger partial charge in [0.1, 0.15) is 0 Å². The fourth-order valence-corrected chi connectivity index (χ4v) is 3.28. The Morgan fingerprint density at radius 1 is 1.32 bits per heavy atom. The molecule has 19 heavy (non-hydrogen) atoms. The molecule has 0 saturated heterocycles. The summed E-state index contributed by atoms with van der Waals surface area (Å²) in [6.45, 7) is 3.38. The first-order valence-corrected chi connectivity index (χ1v) is 8.00. The fraction of sp³-hybridized carbons (Fsp3) is 0.812. The molecule has 108 valence electrons. The number of nitrogens with zero attached hydrogens (tertiary/aromatic N) is 2.